The van der Waals surface area contributed by atoms with Gasteiger partial charge in [-0.3, -0.25) is 4.98 Å². The first-order valence-corrected chi connectivity index (χ1v) is 7.12. The first-order chi connectivity index (χ1) is 9.56. The summed E-state index contributed by atoms with van der Waals surface area (Å²) in [6, 6.07) is 4.88. The molecule has 0 saturated carbocycles. The third kappa shape index (κ3) is 3.74. The Morgan fingerprint density at radius 2 is 2.20 bits per heavy atom. The van der Waals surface area contributed by atoms with Crippen molar-refractivity contribution in [2.75, 3.05) is 5.32 Å². The number of carboxylic acids is 1. The van der Waals surface area contributed by atoms with Crippen molar-refractivity contribution >= 4 is 22.4 Å². The first kappa shape index (κ1) is 14.4. The molecular weight excluding hydrogens is 276 g/mol. The summed E-state index contributed by atoms with van der Waals surface area (Å²) in [6.07, 6.45) is 2.22. The minimum Gasteiger partial charge on any atom is -0.480 e. The van der Waals surface area contributed by atoms with E-state index in [0.29, 0.717) is 16.6 Å². The lowest BCUT2D eigenvalue weighted by Gasteiger charge is -2.14. The molecule has 20 heavy (non-hydrogen) atoms. The summed E-state index contributed by atoms with van der Waals surface area (Å²) in [7, 11) is 0. The molecule has 0 aliphatic rings. The molecule has 0 bridgehead atoms. The number of nitrogens with one attached hydrogen (secondary N) is 1. The molecule has 0 fully saturated rings. The van der Waals surface area contributed by atoms with Gasteiger partial charge in [-0.2, -0.15) is 0 Å². The Hall–Kier alpha value is -2.02. The van der Waals surface area contributed by atoms with Gasteiger partial charge in [0.05, 0.1) is 0 Å². The fourth-order valence-electron chi connectivity index (χ4n) is 1.72. The second-order valence-electron chi connectivity index (χ2n) is 4.79. The first-order valence-electron chi connectivity index (χ1n) is 6.30. The molecule has 0 amide bonds. The Morgan fingerprint density at radius 1 is 1.40 bits per heavy atom. The van der Waals surface area contributed by atoms with Gasteiger partial charge in [0, 0.05) is 6.20 Å². The van der Waals surface area contributed by atoms with Crippen LogP contribution in [0, 0.1) is 5.92 Å². The van der Waals surface area contributed by atoms with Gasteiger partial charge in [0.15, 0.2) is 5.01 Å². The van der Waals surface area contributed by atoms with Gasteiger partial charge in [0.25, 0.3) is 0 Å². The molecule has 0 aliphatic heterocycles. The zero-order valence-electron chi connectivity index (χ0n) is 11.3. The van der Waals surface area contributed by atoms with E-state index in [4.69, 9.17) is 0 Å². The lowest BCUT2D eigenvalue weighted by molar-refractivity contribution is -0.138. The maximum Gasteiger partial charge on any atom is 0.326 e. The molecule has 7 heteroatoms. The highest BCUT2D eigenvalue weighted by molar-refractivity contribution is 7.18. The Balaban J connectivity index is 2.10. The maximum atomic E-state index is 11.2. The topological polar surface area (TPSA) is 88.0 Å². The monoisotopic (exact) mass is 292 g/mol. The standard InChI is InChI=1S/C13H16N4O2S/c1-8(2)7-10(12(18)19)15-13-17-16-11(20-13)9-5-3-4-6-14-9/h3-6,8,10H,7H2,1-2H3,(H,15,17)(H,18,19)/t10-/m1/s1. The number of carbonyl (C=O) groups is 1. The van der Waals surface area contributed by atoms with Crippen LogP contribution in [0.1, 0.15) is 20.3 Å². The van der Waals surface area contributed by atoms with Gasteiger partial charge >= 0.3 is 5.97 Å². The molecule has 106 valence electrons. The van der Waals surface area contributed by atoms with E-state index in [-0.39, 0.29) is 5.92 Å². The molecule has 2 aromatic rings. The summed E-state index contributed by atoms with van der Waals surface area (Å²) in [6.45, 7) is 3.97. The van der Waals surface area contributed by atoms with Crippen molar-refractivity contribution in [3.05, 3.63) is 24.4 Å². The molecule has 2 heterocycles. The summed E-state index contributed by atoms with van der Waals surface area (Å²) in [5.74, 6) is -0.597. The number of pyridine rings is 1. The van der Waals surface area contributed by atoms with E-state index in [1.54, 1.807) is 6.20 Å². The van der Waals surface area contributed by atoms with E-state index < -0.39 is 12.0 Å². The number of hydrogen-bond donors (Lipinski definition) is 2. The number of aromatic nitrogens is 3. The Bertz CT molecular complexity index is 571. The molecule has 0 spiro atoms. The average Bonchev–Trinajstić information content (AvgIpc) is 2.87. The van der Waals surface area contributed by atoms with Crippen LogP contribution in [0.25, 0.3) is 10.7 Å². The van der Waals surface area contributed by atoms with Gasteiger partial charge in [0.1, 0.15) is 11.7 Å². The number of hydrogen-bond acceptors (Lipinski definition) is 6. The third-order valence-electron chi connectivity index (χ3n) is 2.61. The minimum absolute atomic E-state index is 0.284. The van der Waals surface area contributed by atoms with E-state index in [9.17, 15) is 9.90 Å². The number of anilines is 1. The Labute approximate surface area is 120 Å². The molecule has 6 nitrogen and oxygen atoms in total. The smallest absolute Gasteiger partial charge is 0.326 e. The van der Waals surface area contributed by atoms with Gasteiger partial charge in [-0.05, 0) is 24.5 Å². The molecule has 2 N–H and O–H groups in total. The SMILES string of the molecule is CC(C)C[C@@H](Nc1nnc(-c2ccccn2)s1)C(=O)O. The van der Waals surface area contributed by atoms with Gasteiger partial charge < -0.3 is 10.4 Å². The summed E-state index contributed by atoms with van der Waals surface area (Å²) < 4.78 is 0. The lowest BCUT2D eigenvalue weighted by Crippen LogP contribution is -2.30. The van der Waals surface area contributed by atoms with Crippen LogP contribution in [0.15, 0.2) is 24.4 Å². The van der Waals surface area contributed by atoms with Crippen molar-refractivity contribution in [2.45, 2.75) is 26.3 Å². The Kier molecular flexibility index (Phi) is 4.62. The fraction of sp³-hybridized carbons (Fsp3) is 0.385. The zero-order valence-corrected chi connectivity index (χ0v) is 12.1. The second kappa shape index (κ2) is 6.42. The van der Waals surface area contributed by atoms with Gasteiger partial charge in [-0.25, -0.2) is 4.79 Å². The molecule has 0 aliphatic carbocycles. The van der Waals surface area contributed by atoms with Crippen LogP contribution in [-0.4, -0.2) is 32.3 Å². The molecule has 2 aromatic heterocycles. The maximum absolute atomic E-state index is 11.2. The summed E-state index contributed by atoms with van der Waals surface area (Å²) >= 11 is 1.30. The van der Waals surface area contributed by atoms with Crippen molar-refractivity contribution < 1.29 is 9.90 Å². The number of carboxylic acid groups (broad SMARTS) is 1. The lowest BCUT2D eigenvalue weighted by atomic mass is 10.0. The summed E-state index contributed by atoms with van der Waals surface area (Å²) in [5.41, 5.74) is 0.730. The predicted octanol–water partition coefficient (Wildman–Crippen LogP) is 2.51. The highest BCUT2D eigenvalue weighted by Crippen LogP contribution is 2.25. The third-order valence-corrected chi connectivity index (χ3v) is 3.49. The van der Waals surface area contributed by atoms with Crippen LogP contribution in [0.2, 0.25) is 0 Å². The summed E-state index contributed by atoms with van der Waals surface area (Å²) in [5, 5.41) is 21.3. The minimum atomic E-state index is -0.881. The molecule has 0 aromatic carbocycles. The van der Waals surface area contributed by atoms with Crippen molar-refractivity contribution in [3.63, 3.8) is 0 Å². The van der Waals surface area contributed by atoms with Crippen LogP contribution < -0.4 is 5.32 Å². The van der Waals surface area contributed by atoms with Gasteiger partial charge in [-0.1, -0.05) is 31.3 Å². The normalized spacial score (nSPS) is 12.3. The van der Waals surface area contributed by atoms with Crippen LogP contribution in [0.3, 0.4) is 0 Å². The van der Waals surface area contributed by atoms with Gasteiger partial charge in [0.2, 0.25) is 5.13 Å². The molecule has 0 radical (unpaired) electrons. The highest BCUT2D eigenvalue weighted by atomic mass is 32.1. The highest BCUT2D eigenvalue weighted by Gasteiger charge is 2.20. The van der Waals surface area contributed by atoms with Crippen LogP contribution in [0.4, 0.5) is 5.13 Å². The van der Waals surface area contributed by atoms with E-state index in [1.807, 2.05) is 32.0 Å². The van der Waals surface area contributed by atoms with Gasteiger partial charge in [-0.15, -0.1) is 10.2 Å². The quantitative estimate of drug-likeness (QED) is 0.850. The van der Waals surface area contributed by atoms with E-state index >= 15 is 0 Å². The number of nitrogens with zero attached hydrogens (tertiary/aromatic N) is 3. The predicted molar refractivity (Wildman–Crippen MR) is 77.6 cm³/mol. The van der Waals surface area contributed by atoms with E-state index in [1.165, 1.54) is 11.3 Å². The molecule has 0 unspecified atom stereocenters. The summed E-state index contributed by atoms with van der Waals surface area (Å²) in [4.78, 5) is 15.4. The van der Waals surface area contributed by atoms with Crippen molar-refractivity contribution in [1.82, 2.24) is 15.2 Å². The number of aliphatic carboxylic acids is 1. The van der Waals surface area contributed by atoms with Crippen LogP contribution in [-0.2, 0) is 4.79 Å². The fourth-order valence-corrected chi connectivity index (χ4v) is 2.49. The van der Waals surface area contributed by atoms with Crippen LogP contribution >= 0.6 is 11.3 Å². The van der Waals surface area contributed by atoms with E-state index in [0.717, 1.165) is 5.69 Å². The van der Waals surface area contributed by atoms with E-state index in [2.05, 4.69) is 20.5 Å². The second-order valence-corrected chi connectivity index (χ2v) is 5.77. The molecule has 0 saturated heterocycles. The molecule has 1 atom stereocenters. The van der Waals surface area contributed by atoms with Crippen molar-refractivity contribution in [2.24, 2.45) is 5.92 Å². The average molecular weight is 292 g/mol. The molecular formula is C13H16N4O2S. The zero-order chi connectivity index (χ0) is 14.5. The largest absolute Gasteiger partial charge is 0.480 e. The van der Waals surface area contributed by atoms with Crippen molar-refractivity contribution in [1.29, 1.82) is 0 Å². The van der Waals surface area contributed by atoms with Crippen LogP contribution in [0.5, 0.6) is 0 Å². The molecule has 2 rings (SSSR count). The van der Waals surface area contributed by atoms with Crippen molar-refractivity contribution in [3.8, 4) is 10.7 Å². The number of rotatable bonds is 6. The Morgan fingerprint density at radius 3 is 2.80 bits per heavy atom.